The van der Waals surface area contributed by atoms with Crippen molar-refractivity contribution in [1.82, 2.24) is 19.8 Å². The van der Waals surface area contributed by atoms with Gasteiger partial charge in [0.15, 0.2) is 0 Å². The van der Waals surface area contributed by atoms with Crippen molar-refractivity contribution in [2.45, 2.75) is 58.6 Å². The van der Waals surface area contributed by atoms with Crippen LogP contribution in [0.5, 0.6) is 5.75 Å². The topological polar surface area (TPSA) is 103 Å². The molecule has 1 aromatic heterocycles. The molecule has 0 aliphatic carbocycles. The fourth-order valence-corrected chi connectivity index (χ4v) is 6.25. The van der Waals surface area contributed by atoms with Crippen LogP contribution in [0.4, 0.5) is 16.2 Å². The summed E-state index contributed by atoms with van der Waals surface area (Å²) >= 11 is 0. The molecule has 0 unspecified atom stereocenters. The van der Waals surface area contributed by atoms with Crippen LogP contribution in [0.3, 0.4) is 0 Å². The third-order valence-electron chi connectivity index (χ3n) is 8.82. The lowest BCUT2D eigenvalue weighted by Gasteiger charge is -2.36. The third-order valence-corrected chi connectivity index (χ3v) is 8.82. The van der Waals surface area contributed by atoms with Crippen LogP contribution < -0.4 is 15.0 Å². The van der Waals surface area contributed by atoms with Gasteiger partial charge in [-0.2, -0.15) is 0 Å². The number of hydrogen-bond acceptors (Lipinski definition) is 7. The van der Waals surface area contributed by atoms with E-state index in [1.807, 2.05) is 45.0 Å². The number of ether oxygens (including phenoxy) is 2. The first-order chi connectivity index (χ1) is 22.7. The molecule has 1 atom stereocenters. The maximum Gasteiger partial charge on any atom is 0.410 e. The second-order valence-electron chi connectivity index (χ2n) is 13.3. The molecule has 10 nitrogen and oxygen atoms in total. The number of imidazole rings is 1. The Labute approximate surface area is 277 Å². The average Bonchev–Trinajstić information content (AvgIpc) is 3.74. The minimum absolute atomic E-state index is 0.202. The number of nitrogens with one attached hydrogen (secondary N) is 2. The molecule has 2 N–H and O–H groups in total. The van der Waals surface area contributed by atoms with Crippen molar-refractivity contribution in [2.75, 3.05) is 56.1 Å². The van der Waals surface area contributed by atoms with Crippen molar-refractivity contribution >= 4 is 34.4 Å². The van der Waals surface area contributed by atoms with E-state index in [1.165, 1.54) is 16.2 Å². The Bertz CT molecular complexity index is 1670. The van der Waals surface area contributed by atoms with Gasteiger partial charge in [-0.05, 0) is 82.0 Å². The number of para-hydroxylation sites is 1. The summed E-state index contributed by atoms with van der Waals surface area (Å²) in [4.78, 5) is 40.5. The molecule has 2 amide bonds. The Morgan fingerprint density at radius 2 is 1.70 bits per heavy atom. The quantitative estimate of drug-likeness (QED) is 0.221. The summed E-state index contributed by atoms with van der Waals surface area (Å²) in [7, 11) is 0. The Balaban J connectivity index is 0.960. The third kappa shape index (κ3) is 7.88. The molecule has 3 aromatic carbocycles. The first-order valence-corrected chi connectivity index (χ1v) is 16.8. The molecule has 248 valence electrons. The van der Waals surface area contributed by atoms with Gasteiger partial charge < -0.3 is 24.7 Å². The van der Waals surface area contributed by atoms with Crippen molar-refractivity contribution in [3.05, 3.63) is 72.3 Å². The normalized spacial score (nSPS) is 17.2. The number of benzene rings is 3. The number of aromatic amines is 1. The van der Waals surface area contributed by atoms with Gasteiger partial charge in [-0.1, -0.05) is 37.3 Å². The summed E-state index contributed by atoms with van der Waals surface area (Å²) in [5.74, 6) is 1.45. The molecular weight excluding hydrogens is 592 g/mol. The van der Waals surface area contributed by atoms with Crippen molar-refractivity contribution < 1.29 is 19.1 Å². The van der Waals surface area contributed by atoms with Gasteiger partial charge in [-0.15, -0.1) is 0 Å². The van der Waals surface area contributed by atoms with Crippen LogP contribution in [0.2, 0.25) is 0 Å². The number of anilines is 2. The monoisotopic (exact) mass is 638 g/mol. The lowest BCUT2D eigenvalue weighted by Crippen LogP contribution is -2.47. The number of hydrogen-bond donors (Lipinski definition) is 2. The molecule has 0 bridgehead atoms. The maximum atomic E-state index is 13.0. The summed E-state index contributed by atoms with van der Waals surface area (Å²) < 4.78 is 11.5. The number of likely N-dealkylation sites (tertiary alicyclic amines) is 1. The largest absolute Gasteiger partial charge is 0.492 e. The van der Waals surface area contributed by atoms with Gasteiger partial charge >= 0.3 is 6.09 Å². The van der Waals surface area contributed by atoms with Crippen LogP contribution >= 0.6 is 0 Å². The highest BCUT2D eigenvalue weighted by atomic mass is 16.6. The molecule has 2 aliphatic heterocycles. The van der Waals surface area contributed by atoms with E-state index in [-0.39, 0.29) is 5.91 Å². The number of aromatic nitrogens is 2. The SMILES string of the molecule is CCc1ccc(-c2nc3c(N4CCN(CCOc5ccc(NC(=O)[C@@H]6CCCN6C(=O)OC(C)(C)C)cc5)CC4)cccc3[nH]2)cc1. The summed E-state index contributed by atoms with van der Waals surface area (Å²) in [6, 6.07) is 21.9. The number of carbonyl (C=O) groups excluding carboxylic acids is 2. The van der Waals surface area contributed by atoms with E-state index < -0.39 is 17.7 Å². The zero-order valence-electron chi connectivity index (χ0n) is 27.9. The van der Waals surface area contributed by atoms with Gasteiger partial charge in [0, 0.05) is 50.5 Å². The fraction of sp³-hybridized carbons (Fsp3) is 0.432. The first-order valence-electron chi connectivity index (χ1n) is 16.8. The first kappa shape index (κ1) is 32.4. The molecule has 6 rings (SSSR count). The molecule has 2 saturated heterocycles. The number of nitrogens with zero attached hydrogens (tertiary/aromatic N) is 4. The second-order valence-corrected chi connectivity index (χ2v) is 13.3. The van der Waals surface area contributed by atoms with Gasteiger partial charge in [-0.25, -0.2) is 9.78 Å². The van der Waals surface area contributed by atoms with Crippen LogP contribution in [0.1, 0.15) is 46.1 Å². The maximum absolute atomic E-state index is 13.0. The van der Waals surface area contributed by atoms with Crippen LogP contribution in [0.25, 0.3) is 22.4 Å². The summed E-state index contributed by atoms with van der Waals surface area (Å²) in [5, 5.41) is 2.95. The molecule has 0 radical (unpaired) electrons. The molecule has 2 fully saturated rings. The van der Waals surface area contributed by atoms with E-state index in [9.17, 15) is 9.59 Å². The molecule has 2 aliphatic rings. The number of piperazine rings is 1. The molecule has 47 heavy (non-hydrogen) atoms. The summed E-state index contributed by atoms with van der Waals surface area (Å²) in [6.45, 7) is 13.3. The number of carbonyl (C=O) groups is 2. The zero-order valence-corrected chi connectivity index (χ0v) is 27.9. The fourth-order valence-electron chi connectivity index (χ4n) is 6.25. The molecule has 0 spiro atoms. The highest BCUT2D eigenvalue weighted by molar-refractivity contribution is 5.97. The lowest BCUT2D eigenvalue weighted by atomic mass is 10.1. The smallest absolute Gasteiger partial charge is 0.410 e. The molecule has 4 aromatic rings. The standard InChI is InChI=1S/C37H46N6O4/c1-5-26-11-13-27(14-12-26)34-39-30-8-6-9-31(33(30)40-34)42-22-20-41(21-23-42)24-25-46-29-17-15-28(16-18-29)38-35(44)32-10-7-19-43(32)36(45)47-37(2,3)4/h6,8-9,11-18,32H,5,7,10,19-25H2,1-4H3,(H,38,44)(H,39,40)/t32-/m0/s1. The van der Waals surface area contributed by atoms with Gasteiger partial charge in [0.25, 0.3) is 0 Å². The van der Waals surface area contributed by atoms with Crippen molar-refractivity contribution in [2.24, 2.45) is 0 Å². The van der Waals surface area contributed by atoms with Crippen molar-refractivity contribution in [1.29, 1.82) is 0 Å². The van der Waals surface area contributed by atoms with Crippen LogP contribution in [-0.4, -0.2) is 89.3 Å². The zero-order chi connectivity index (χ0) is 33.0. The molecule has 3 heterocycles. The molecular formula is C37H46N6O4. The minimum atomic E-state index is -0.604. The molecule has 0 saturated carbocycles. The average molecular weight is 639 g/mol. The van der Waals surface area contributed by atoms with Gasteiger partial charge in [0.1, 0.15) is 35.3 Å². The van der Waals surface area contributed by atoms with E-state index in [0.717, 1.165) is 73.7 Å². The lowest BCUT2D eigenvalue weighted by molar-refractivity contribution is -0.120. The number of rotatable bonds is 9. The van der Waals surface area contributed by atoms with Crippen LogP contribution in [-0.2, 0) is 16.0 Å². The number of amides is 2. The minimum Gasteiger partial charge on any atom is -0.492 e. The Morgan fingerprint density at radius 1 is 0.957 bits per heavy atom. The number of H-pyrrole nitrogens is 1. The van der Waals surface area contributed by atoms with Crippen LogP contribution in [0, 0.1) is 0 Å². The summed E-state index contributed by atoms with van der Waals surface area (Å²) in [5.41, 5.74) is 5.73. The van der Waals surface area contributed by atoms with E-state index in [4.69, 9.17) is 14.5 Å². The Morgan fingerprint density at radius 3 is 2.40 bits per heavy atom. The second kappa shape index (κ2) is 14.0. The number of fused-ring (bicyclic) bond motifs is 1. The van der Waals surface area contributed by atoms with Crippen LogP contribution in [0.15, 0.2) is 66.7 Å². The molecule has 10 heteroatoms. The Hall–Kier alpha value is -4.57. The predicted molar refractivity (Wildman–Crippen MR) is 186 cm³/mol. The van der Waals surface area contributed by atoms with Crippen molar-refractivity contribution in [3.63, 3.8) is 0 Å². The van der Waals surface area contributed by atoms with Gasteiger partial charge in [0.2, 0.25) is 5.91 Å². The highest BCUT2D eigenvalue weighted by Gasteiger charge is 2.36. The van der Waals surface area contributed by atoms with E-state index in [2.05, 4.69) is 69.5 Å². The van der Waals surface area contributed by atoms with Gasteiger partial charge in [0.05, 0.1) is 11.2 Å². The van der Waals surface area contributed by atoms with Gasteiger partial charge in [-0.3, -0.25) is 14.6 Å². The predicted octanol–water partition coefficient (Wildman–Crippen LogP) is 6.33. The number of aryl methyl sites for hydroxylation is 1. The highest BCUT2D eigenvalue weighted by Crippen LogP contribution is 2.29. The van der Waals surface area contributed by atoms with Crippen molar-refractivity contribution in [3.8, 4) is 17.1 Å². The van der Waals surface area contributed by atoms with E-state index in [0.29, 0.717) is 25.3 Å². The van der Waals surface area contributed by atoms with E-state index in [1.54, 1.807) is 0 Å². The summed E-state index contributed by atoms with van der Waals surface area (Å²) in [6.07, 6.45) is 1.97. The van der Waals surface area contributed by atoms with E-state index >= 15 is 0 Å². The Kier molecular flexibility index (Phi) is 9.68.